The number of aliphatic hydroxyl groups is 1. The first-order valence-electron chi connectivity index (χ1n) is 17.8. The summed E-state index contributed by atoms with van der Waals surface area (Å²) in [5, 5.41) is 32.4. The summed E-state index contributed by atoms with van der Waals surface area (Å²) in [7, 11) is 1.48. The second-order valence-corrected chi connectivity index (χ2v) is 17.3. The Kier molecular flexibility index (Phi) is 8.26. The van der Waals surface area contributed by atoms with Gasteiger partial charge in [-0.25, -0.2) is 4.79 Å². The average molecular weight is 649 g/mol. The molecule has 0 heterocycles. The average Bonchev–Trinajstić information content (AvgIpc) is 3.00. The largest absolute Gasteiger partial charge is 0.504 e. The number of aliphatic hydroxyl groups excluding tert-OH is 1. The quantitative estimate of drug-likeness (QED) is 0.168. The van der Waals surface area contributed by atoms with Gasteiger partial charge in [0.2, 0.25) is 0 Å². The van der Waals surface area contributed by atoms with Crippen molar-refractivity contribution in [3.05, 3.63) is 41.5 Å². The number of esters is 1. The second-order valence-electron chi connectivity index (χ2n) is 17.3. The van der Waals surface area contributed by atoms with Gasteiger partial charge in [0.1, 0.15) is 6.10 Å². The smallest absolute Gasteiger partial charge is 0.331 e. The molecule has 3 N–H and O–H groups in total. The lowest BCUT2D eigenvalue weighted by atomic mass is 9.33. The number of fused-ring (bicyclic) bond motifs is 7. The van der Waals surface area contributed by atoms with Gasteiger partial charge in [0.25, 0.3) is 0 Å². The Labute approximate surface area is 280 Å². The van der Waals surface area contributed by atoms with E-state index < -0.39 is 35.0 Å². The molecule has 7 heteroatoms. The number of phenolic OH excluding ortho intramolecular Hbond substituents is 1. The van der Waals surface area contributed by atoms with Crippen LogP contribution in [0.4, 0.5) is 0 Å². The predicted octanol–water partition coefficient (Wildman–Crippen LogP) is 8.04. The number of hydrogen-bond acceptors (Lipinski definition) is 6. The maximum atomic E-state index is 13.1. The van der Waals surface area contributed by atoms with Gasteiger partial charge in [0, 0.05) is 11.5 Å². The zero-order valence-electron chi connectivity index (χ0n) is 29.6. The predicted molar refractivity (Wildman–Crippen MR) is 182 cm³/mol. The Bertz CT molecular complexity index is 1490. The van der Waals surface area contributed by atoms with Crippen molar-refractivity contribution < 1.29 is 34.4 Å². The normalized spacial score (nSPS) is 43.9. The van der Waals surface area contributed by atoms with Crippen molar-refractivity contribution in [2.45, 2.75) is 112 Å². The molecule has 0 amide bonds. The molecule has 1 aromatic rings. The summed E-state index contributed by atoms with van der Waals surface area (Å²) in [6, 6.07) is 4.86. The maximum Gasteiger partial charge on any atom is 0.331 e. The number of carbonyl (C=O) groups excluding carboxylic acids is 1. The van der Waals surface area contributed by atoms with Gasteiger partial charge in [-0.1, -0.05) is 66.2 Å². The van der Waals surface area contributed by atoms with Crippen molar-refractivity contribution >= 4 is 18.0 Å². The molecular weight excluding hydrogens is 592 g/mol. The number of methoxy groups -OCH3 is 1. The van der Waals surface area contributed by atoms with Gasteiger partial charge in [-0.15, -0.1) is 0 Å². The first kappa shape index (κ1) is 34.1. The minimum atomic E-state index is -0.803. The third kappa shape index (κ3) is 4.83. The number of carboxylic acids is 1. The summed E-state index contributed by atoms with van der Waals surface area (Å²) < 4.78 is 11.3. The van der Waals surface area contributed by atoms with Crippen LogP contribution in [0.3, 0.4) is 0 Å². The first-order valence-corrected chi connectivity index (χ1v) is 17.8. The van der Waals surface area contributed by atoms with Crippen molar-refractivity contribution in [3.63, 3.8) is 0 Å². The molecule has 258 valence electrons. The highest BCUT2D eigenvalue weighted by Crippen LogP contribution is 2.75. The molecule has 0 saturated heterocycles. The van der Waals surface area contributed by atoms with Gasteiger partial charge in [0.05, 0.1) is 18.6 Å². The lowest BCUT2D eigenvalue weighted by Gasteiger charge is -2.71. The minimum absolute atomic E-state index is 0.0272. The van der Waals surface area contributed by atoms with E-state index in [4.69, 9.17) is 9.47 Å². The topological polar surface area (TPSA) is 113 Å². The van der Waals surface area contributed by atoms with E-state index in [1.54, 1.807) is 18.2 Å². The number of allylic oxidation sites excluding steroid dienone is 2. The molecule has 4 fully saturated rings. The number of benzene rings is 1. The van der Waals surface area contributed by atoms with E-state index in [0.717, 1.165) is 44.9 Å². The molecule has 47 heavy (non-hydrogen) atoms. The highest BCUT2D eigenvalue weighted by molar-refractivity contribution is 5.87. The highest BCUT2D eigenvalue weighted by Gasteiger charge is 2.70. The number of carbonyl (C=O) groups is 2. The standard InChI is InChI=1S/C40H56O7/c1-23-15-18-40(35(44)45)20-19-38(6)26(33(40)24(23)2)11-13-31-37(5)22-28(42)34(36(3,4)30(37)16-17-39(31,38)7)47-32(43)14-10-25-9-12-27(41)29(21-25)46-8/h9-12,14,21,23-24,28,30-31,33-34,41-42H,13,15-20,22H2,1-8H3,(H,44,45)/b14-10+/t23-,24+,28-,30+,31-,33+,34-,37+,38-,39-,40+/m1/s1. The Morgan fingerprint density at radius 2 is 1.70 bits per heavy atom. The minimum Gasteiger partial charge on any atom is -0.504 e. The van der Waals surface area contributed by atoms with Crippen LogP contribution in [0.25, 0.3) is 6.08 Å². The molecule has 7 nitrogen and oxygen atoms in total. The van der Waals surface area contributed by atoms with E-state index in [1.807, 2.05) is 0 Å². The Morgan fingerprint density at radius 1 is 0.979 bits per heavy atom. The zero-order chi connectivity index (χ0) is 34.3. The van der Waals surface area contributed by atoms with E-state index in [-0.39, 0.29) is 33.8 Å². The lowest BCUT2D eigenvalue weighted by molar-refractivity contribution is -0.238. The number of carboxylic acid groups (broad SMARTS) is 1. The van der Waals surface area contributed by atoms with E-state index >= 15 is 0 Å². The van der Waals surface area contributed by atoms with Crippen LogP contribution in [0.15, 0.2) is 35.9 Å². The number of aliphatic carboxylic acids is 1. The summed E-state index contributed by atoms with van der Waals surface area (Å²) in [5.41, 5.74) is 0.686. The number of hydrogen-bond donors (Lipinski definition) is 3. The summed E-state index contributed by atoms with van der Waals surface area (Å²) >= 11 is 0. The Morgan fingerprint density at radius 3 is 2.38 bits per heavy atom. The van der Waals surface area contributed by atoms with Gasteiger partial charge in [-0.05, 0) is 121 Å². The summed E-state index contributed by atoms with van der Waals surface area (Å²) in [4.78, 5) is 26.1. The fraction of sp³-hybridized carbons (Fsp3) is 0.700. The monoisotopic (exact) mass is 648 g/mol. The summed E-state index contributed by atoms with van der Waals surface area (Å²) in [5.74, 6) is 0.705. The second kappa shape index (κ2) is 11.4. The van der Waals surface area contributed by atoms with Crippen LogP contribution in [0.1, 0.15) is 105 Å². The summed E-state index contributed by atoms with van der Waals surface area (Å²) in [6.45, 7) is 16.2. The number of rotatable bonds is 5. The van der Waals surface area contributed by atoms with E-state index in [0.29, 0.717) is 35.5 Å². The molecular formula is C40H56O7. The SMILES string of the molecule is COc1cc(/C=C/C(=O)O[C@@H]2[C@H](O)C[C@]3(C)[C@H]4CC=C5[C@@H]6[C@@H](C)[C@H](C)CC[C@]6(C(=O)O)CC[C@@]5(C)[C@]4(C)CC[C@H]3C2(C)C)ccc1O. The first-order chi connectivity index (χ1) is 22.0. The van der Waals surface area contributed by atoms with Crippen LogP contribution in [0.5, 0.6) is 11.5 Å². The Hall–Kier alpha value is -2.80. The molecule has 6 rings (SSSR count). The molecule has 5 aliphatic rings. The highest BCUT2D eigenvalue weighted by atomic mass is 16.6. The molecule has 0 aromatic heterocycles. The van der Waals surface area contributed by atoms with Crippen molar-refractivity contribution in [2.75, 3.05) is 7.11 Å². The molecule has 11 atom stereocenters. The molecule has 0 bridgehead atoms. The molecule has 5 aliphatic carbocycles. The van der Waals surface area contributed by atoms with E-state index in [2.05, 4.69) is 54.5 Å². The van der Waals surface area contributed by atoms with Gasteiger partial charge >= 0.3 is 11.9 Å². The number of ether oxygens (including phenoxy) is 2. The van der Waals surface area contributed by atoms with Gasteiger partial charge in [-0.2, -0.15) is 0 Å². The zero-order valence-corrected chi connectivity index (χ0v) is 29.6. The molecule has 0 aliphatic heterocycles. The van der Waals surface area contributed by atoms with E-state index in [1.165, 1.54) is 24.8 Å². The molecule has 0 spiro atoms. The van der Waals surface area contributed by atoms with Crippen LogP contribution in [0, 0.1) is 56.7 Å². The van der Waals surface area contributed by atoms with Crippen LogP contribution >= 0.6 is 0 Å². The lowest BCUT2D eigenvalue weighted by Crippen LogP contribution is -2.67. The summed E-state index contributed by atoms with van der Waals surface area (Å²) in [6.07, 6.45) is 10.9. The third-order valence-electron chi connectivity index (χ3n) is 15.2. The van der Waals surface area contributed by atoms with Gasteiger partial charge < -0.3 is 24.8 Å². The van der Waals surface area contributed by atoms with Crippen molar-refractivity contribution in [2.24, 2.45) is 56.7 Å². The van der Waals surface area contributed by atoms with Gasteiger partial charge in [-0.3, -0.25) is 4.79 Å². The van der Waals surface area contributed by atoms with E-state index in [9.17, 15) is 24.9 Å². The van der Waals surface area contributed by atoms with Crippen molar-refractivity contribution in [1.29, 1.82) is 0 Å². The van der Waals surface area contributed by atoms with Crippen molar-refractivity contribution in [1.82, 2.24) is 0 Å². The molecule has 0 unspecified atom stereocenters. The van der Waals surface area contributed by atoms with Crippen LogP contribution in [-0.4, -0.2) is 46.6 Å². The van der Waals surface area contributed by atoms with Crippen molar-refractivity contribution in [3.8, 4) is 11.5 Å². The molecule has 4 saturated carbocycles. The van der Waals surface area contributed by atoms with Gasteiger partial charge in [0.15, 0.2) is 11.5 Å². The van der Waals surface area contributed by atoms with Crippen LogP contribution in [0.2, 0.25) is 0 Å². The number of aromatic hydroxyl groups is 1. The fourth-order valence-corrected chi connectivity index (χ4v) is 12.3. The fourth-order valence-electron chi connectivity index (χ4n) is 12.3. The third-order valence-corrected chi connectivity index (χ3v) is 15.2. The molecule has 0 radical (unpaired) electrons. The molecule has 1 aromatic carbocycles. The van der Waals surface area contributed by atoms with Crippen LogP contribution in [-0.2, 0) is 14.3 Å². The number of phenols is 1. The van der Waals surface area contributed by atoms with Crippen LogP contribution < -0.4 is 4.74 Å². The Balaban J connectivity index is 1.28. The maximum absolute atomic E-state index is 13.1.